The van der Waals surface area contributed by atoms with Crippen LogP contribution < -0.4 is 10.2 Å². The van der Waals surface area contributed by atoms with Crippen molar-refractivity contribution in [2.24, 2.45) is 0 Å². The Hall–Kier alpha value is -5.06. The number of halogens is 1. The van der Waals surface area contributed by atoms with E-state index in [2.05, 4.69) is 20.4 Å². The summed E-state index contributed by atoms with van der Waals surface area (Å²) < 4.78 is 2.75. The van der Waals surface area contributed by atoms with E-state index >= 15 is 0 Å². The maximum Gasteiger partial charge on any atom is 0.355 e. The maximum absolute atomic E-state index is 13.4. The summed E-state index contributed by atoms with van der Waals surface area (Å²) >= 11 is 7.43. The zero-order valence-electron chi connectivity index (χ0n) is 23.3. The molecule has 3 aromatic carbocycles. The molecule has 1 aliphatic heterocycles. The number of benzene rings is 3. The number of aromatic nitrogens is 4. The van der Waals surface area contributed by atoms with Crippen LogP contribution in [0.4, 0.5) is 10.9 Å². The molecule has 3 aromatic heterocycles. The zero-order chi connectivity index (χ0) is 30.2. The van der Waals surface area contributed by atoms with Crippen LogP contribution in [0, 0.1) is 0 Å². The predicted molar refractivity (Wildman–Crippen MR) is 172 cm³/mol. The van der Waals surface area contributed by atoms with Crippen LogP contribution >= 0.6 is 22.9 Å². The van der Waals surface area contributed by atoms with Crippen LogP contribution in [0.3, 0.4) is 0 Å². The molecule has 9 nitrogen and oxygen atoms in total. The van der Waals surface area contributed by atoms with Gasteiger partial charge in [0, 0.05) is 41.0 Å². The molecule has 11 heteroatoms. The lowest BCUT2D eigenvalue weighted by Gasteiger charge is -2.31. The Morgan fingerprint density at radius 1 is 0.977 bits per heavy atom. The van der Waals surface area contributed by atoms with Crippen LogP contribution in [-0.4, -0.2) is 43.3 Å². The van der Waals surface area contributed by atoms with Crippen molar-refractivity contribution in [3.05, 3.63) is 124 Å². The van der Waals surface area contributed by atoms with Gasteiger partial charge in [-0.15, -0.1) is 0 Å². The maximum atomic E-state index is 13.4. The van der Waals surface area contributed by atoms with Gasteiger partial charge in [0.05, 0.1) is 23.0 Å². The summed E-state index contributed by atoms with van der Waals surface area (Å²) in [6.45, 7) is 1.58. The van der Waals surface area contributed by atoms with Crippen LogP contribution in [0.25, 0.3) is 21.3 Å². The minimum absolute atomic E-state index is 0.0544. The summed E-state index contributed by atoms with van der Waals surface area (Å²) in [6, 6.07) is 24.6. The minimum Gasteiger partial charge on any atom is -0.476 e. The van der Waals surface area contributed by atoms with Gasteiger partial charge in [0.2, 0.25) is 0 Å². The number of thiazole rings is 1. The second kappa shape index (κ2) is 11.6. The van der Waals surface area contributed by atoms with Crippen molar-refractivity contribution in [1.29, 1.82) is 0 Å². The predicted octanol–water partition coefficient (Wildman–Crippen LogP) is 6.77. The Labute approximate surface area is 261 Å². The number of amides is 1. The lowest BCUT2D eigenvalue weighted by Crippen LogP contribution is -2.33. The fourth-order valence-electron chi connectivity index (χ4n) is 5.47. The van der Waals surface area contributed by atoms with Crippen molar-refractivity contribution < 1.29 is 14.7 Å². The number of carbonyl (C=O) groups is 2. The number of rotatable bonds is 7. The highest BCUT2D eigenvalue weighted by molar-refractivity contribution is 7.22. The lowest BCUT2D eigenvalue weighted by molar-refractivity contribution is 0.0691. The molecular weight excluding hydrogens is 596 g/mol. The molecule has 7 rings (SSSR count). The fourth-order valence-corrected chi connectivity index (χ4v) is 6.45. The first-order chi connectivity index (χ1) is 21.4. The van der Waals surface area contributed by atoms with E-state index in [4.69, 9.17) is 11.6 Å². The molecule has 6 aromatic rings. The summed E-state index contributed by atoms with van der Waals surface area (Å²) in [5.41, 5.74) is 5.49. The number of fused-ring (bicyclic) bond motifs is 2. The SMILES string of the molecule is O=C(Nc1nc2ccccc2s1)c1cccc2c1CN(c1ccc(-c3cnn(Cc4ccc(Cl)cc4)c3)c(C(=O)O)n1)CC2. The first-order valence-electron chi connectivity index (χ1n) is 14.0. The molecule has 0 radical (unpaired) electrons. The molecular formula is C33H25ClN6O3S. The largest absolute Gasteiger partial charge is 0.476 e. The van der Waals surface area contributed by atoms with Gasteiger partial charge in [-0.2, -0.15) is 5.10 Å². The first kappa shape index (κ1) is 27.8. The molecule has 0 spiro atoms. The summed E-state index contributed by atoms with van der Waals surface area (Å²) in [7, 11) is 0. The normalized spacial score (nSPS) is 12.7. The highest BCUT2D eigenvalue weighted by Gasteiger charge is 2.25. The third-order valence-electron chi connectivity index (χ3n) is 7.64. The third kappa shape index (κ3) is 5.52. The Bertz CT molecular complexity index is 2000. The van der Waals surface area contributed by atoms with Crippen molar-refractivity contribution in [1.82, 2.24) is 19.7 Å². The second-order valence-electron chi connectivity index (χ2n) is 10.5. The highest BCUT2D eigenvalue weighted by Crippen LogP contribution is 2.31. The number of carbonyl (C=O) groups excluding carboxylic acids is 1. The standard InChI is InChI=1S/C33H25ClN6O3S/c34-23-10-8-20(9-11-23)17-40-18-22(16-35-40)24-12-13-29(37-30(24)32(42)43)39-15-14-21-4-3-5-25(26(21)19-39)31(41)38-33-36-27-6-1-2-7-28(27)44-33/h1-13,16,18H,14-15,17,19H2,(H,42,43)(H,36,38,41). The van der Waals surface area contributed by atoms with Crippen LogP contribution in [0.2, 0.25) is 5.02 Å². The van der Waals surface area contributed by atoms with Crippen LogP contribution in [0.1, 0.15) is 37.5 Å². The van der Waals surface area contributed by atoms with E-state index in [1.807, 2.05) is 83.9 Å². The molecule has 218 valence electrons. The number of hydrogen-bond donors (Lipinski definition) is 2. The summed E-state index contributed by atoms with van der Waals surface area (Å²) in [5.74, 6) is -0.819. The number of aromatic carboxylic acids is 1. The zero-order valence-corrected chi connectivity index (χ0v) is 24.8. The van der Waals surface area contributed by atoms with Crippen LogP contribution in [0.15, 0.2) is 91.3 Å². The Balaban J connectivity index is 1.13. The van der Waals surface area contributed by atoms with Crippen molar-refractivity contribution >= 4 is 56.0 Å². The molecule has 2 N–H and O–H groups in total. The van der Waals surface area contributed by atoms with Crippen LogP contribution in [0.5, 0.6) is 0 Å². The number of nitrogens with one attached hydrogen (secondary N) is 1. The molecule has 0 fully saturated rings. The van der Waals surface area contributed by atoms with Gasteiger partial charge in [-0.3, -0.25) is 14.8 Å². The first-order valence-corrected chi connectivity index (χ1v) is 15.1. The van der Waals surface area contributed by atoms with Gasteiger partial charge in [-0.25, -0.2) is 14.8 Å². The summed E-state index contributed by atoms with van der Waals surface area (Å²) in [4.78, 5) is 36.9. The van der Waals surface area contributed by atoms with Gasteiger partial charge < -0.3 is 10.0 Å². The Morgan fingerprint density at radius 2 is 1.82 bits per heavy atom. The molecule has 1 aliphatic rings. The van der Waals surface area contributed by atoms with Crippen LogP contribution in [-0.2, 0) is 19.5 Å². The van der Waals surface area contributed by atoms with E-state index in [0.717, 1.165) is 26.9 Å². The van der Waals surface area contributed by atoms with Gasteiger partial charge in [-0.1, -0.05) is 59.3 Å². The molecule has 0 atom stereocenters. The monoisotopic (exact) mass is 620 g/mol. The van der Waals surface area contributed by atoms with Gasteiger partial charge in [0.15, 0.2) is 10.8 Å². The van der Waals surface area contributed by atoms with Gasteiger partial charge >= 0.3 is 5.97 Å². The number of anilines is 2. The van der Waals surface area contributed by atoms with E-state index < -0.39 is 5.97 Å². The molecule has 4 heterocycles. The topological polar surface area (TPSA) is 113 Å². The fraction of sp³-hybridized carbons (Fsp3) is 0.121. The average Bonchev–Trinajstić information content (AvgIpc) is 3.68. The molecule has 44 heavy (non-hydrogen) atoms. The van der Waals surface area contributed by atoms with E-state index in [1.54, 1.807) is 16.9 Å². The van der Waals surface area contributed by atoms with E-state index in [9.17, 15) is 14.7 Å². The third-order valence-corrected chi connectivity index (χ3v) is 8.85. The summed E-state index contributed by atoms with van der Waals surface area (Å²) in [5, 5.41) is 18.7. The van der Waals surface area contributed by atoms with Gasteiger partial charge in [0.25, 0.3) is 5.91 Å². The number of hydrogen-bond acceptors (Lipinski definition) is 7. The molecule has 0 saturated heterocycles. The van der Waals surface area contributed by atoms with E-state index in [0.29, 0.717) is 58.7 Å². The average molecular weight is 621 g/mol. The van der Waals surface area contributed by atoms with Crippen molar-refractivity contribution in [2.75, 3.05) is 16.8 Å². The van der Waals surface area contributed by atoms with E-state index in [-0.39, 0.29) is 11.6 Å². The Kier molecular flexibility index (Phi) is 7.29. The molecule has 0 bridgehead atoms. The molecule has 0 unspecified atom stereocenters. The van der Waals surface area contributed by atoms with Gasteiger partial charge in [0.1, 0.15) is 5.82 Å². The number of para-hydroxylation sites is 1. The lowest BCUT2D eigenvalue weighted by atomic mass is 9.94. The van der Waals surface area contributed by atoms with Crippen molar-refractivity contribution in [3.63, 3.8) is 0 Å². The van der Waals surface area contributed by atoms with Gasteiger partial charge in [-0.05, 0) is 65.6 Å². The molecule has 0 aliphatic carbocycles. The van der Waals surface area contributed by atoms with Crippen molar-refractivity contribution in [3.8, 4) is 11.1 Å². The number of carboxylic acids is 1. The number of nitrogens with zero attached hydrogens (tertiary/aromatic N) is 5. The quantitative estimate of drug-likeness (QED) is 0.202. The highest BCUT2D eigenvalue weighted by atomic mass is 35.5. The summed E-state index contributed by atoms with van der Waals surface area (Å²) in [6.07, 6.45) is 4.15. The number of pyridine rings is 1. The molecule has 1 amide bonds. The van der Waals surface area contributed by atoms with Crippen molar-refractivity contribution in [2.45, 2.75) is 19.5 Å². The smallest absolute Gasteiger partial charge is 0.355 e. The van der Waals surface area contributed by atoms with E-state index in [1.165, 1.54) is 11.3 Å². The number of carboxylic acid groups (broad SMARTS) is 1. The molecule has 0 saturated carbocycles. The Morgan fingerprint density at radius 3 is 2.64 bits per heavy atom. The second-order valence-corrected chi connectivity index (χ2v) is 11.9. The minimum atomic E-state index is -1.12.